The van der Waals surface area contributed by atoms with Crippen LogP contribution in [0, 0.1) is 23.7 Å². The highest BCUT2D eigenvalue weighted by Gasteiger charge is 2.56. The Labute approximate surface area is 191 Å². The number of imidazole rings is 1. The van der Waals surface area contributed by atoms with Gasteiger partial charge in [-0.05, 0) is 67.4 Å². The van der Waals surface area contributed by atoms with E-state index in [9.17, 15) is 4.79 Å². The van der Waals surface area contributed by atoms with E-state index in [-0.39, 0.29) is 11.8 Å². The molecule has 8 heteroatoms. The smallest absolute Gasteiger partial charge is 0.229 e. The van der Waals surface area contributed by atoms with Crippen LogP contribution in [0.15, 0.2) is 36.8 Å². The predicted octanol–water partition coefficient (Wildman–Crippen LogP) is 3.58. The number of aromatic nitrogens is 3. The molecule has 3 atom stereocenters. The van der Waals surface area contributed by atoms with Crippen LogP contribution in [0.1, 0.15) is 12.8 Å². The van der Waals surface area contributed by atoms with Crippen LogP contribution in [0.4, 0.5) is 5.82 Å². The van der Waals surface area contributed by atoms with E-state index < -0.39 is 0 Å². The molecule has 32 heavy (non-hydrogen) atoms. The van der Waals surface area contributed by atoms with Crippen molar-refractivity contribution >= 4 is 34.4 Å². The molecular weight excluding hydrogens is 426 g/mol. The normalized spacial score (nSPS) is 25.1. The SMILES string of the molecule is O=C(Nc1cc(-c2ccc3ncn(CC4CCOCC4)c3c2)c(Cl)cn1)C1[C@H]2CNC[C@@H]12. The number of benzene rings is 1. The molecule has 3 aliphatic rings. The Morgan fingerprint density at radius 3 is 2.81 bits per heavy atom. The lowest BCUT2D eigenvalue weighted by Gasteiger charge is -2.22. The van der Waals surface area contributed by atoms with Crippen molar-refractivity contribution in [2.75, 3.05) is 31.6 Å². The van der Waals surface area contributed by atoms with Crippen molar-refractivity contribution in [1.29, 1.82) is 0 Å². The molecule has 4 heterocycles. The number of anilines is 1. The number of carbonyl (C=O) groups is 1. The Kier molecular flexibility index (Phi) is 5.12. The van der Waals surface area contributed by atoms with Gasteiger partial charge in [0, 0.05) is 37.4 Å². The molecule has 1 aromatic carbocycles. The number of piperidine rings is 1. The molecule has 3 fully saturated rings. The molecule has 1 amide bonds. The van der Waals surface area contributed by atoms with Crippen LogP contribution in [0.2, 0.25) is 5.02 Å². The second-order valence-corrected chi connectivity index (χ2v) is 9.61. The van der Waals surface area contributed by atoms with Crippen LogP contribution in [-0.2, 0) is 16.1 Å². The molecular formula is C24H26ClN5O2. The van der Waals surface area contributed by atoms with Gasteiger partial charge in [-0.15, -0.1) is 0 Å². The Morgan fingerprint density at radius 1 is 1.19 bits per heavy atom. The minimum absolute atomic E-state index is 0.0623. The number of halogens is 1. The van der Waals surface area contributed by atoms with E-state index in [4.69, 9.17) is 16.3 Å². The molecule has 2 saturated heterocycles. The lowest BCUT2D eigenvalue weighted by atomic mass is 10.00. The van der Waals surface area contributed by atoms with E-state index >= 15 is 0 Å². The number of rotatable bonds is 5. The predicted molar refractivity (Wildman–Crippen MR) is 123 cm³/mol. The molecule has 166 valence electrons. The fourth-order valence-corrected chi connectivity index (χ4v) is 5.53. The fourth-order valence-electron chi connectivity index (χ4n) is 5.32. The van der Waals surface area contributed by atoms with Gasteiger partial charge in [0.15, 0.2) is 0 Å². The summed E-state index contributed by atoms with van der Waals surface area (Å²) in [5, 5.41) is 6.89. The number of hydrogen-bond donors (Lipinski definition) is 2. The average molecular weight is 452 g/mol. The average Bonchev–Trinajstić information content (AvgIpc) is 3.10. The van der Waals surface area contributed by atoms with Crippen LogP contribution in [0.25, 0.3) is 22.2 Å². The standard InChI is InChI=1S/C24H26ClN5O2/c25-19-11-27-22(29-24(31)23-17-9-26-10-18(17)23)8-16(19)15-1-2-20-21(7-15)30(13-28-20)12-14-3-5-32-6-4-14/h1-2,7-8,11,13-14,17-18,23,26H,3-6,9-10,12H2,(H,27,29,31)/t17-,18+,23?. The molecule has 0 spiro atoms. The number of nitrogens with one attached hydrogen (secondary N) is 2. The van der Waals surface area contributed by atoms with Gasteiger partial charge in [0.05, 0.1) is 22.4 Å². The van der Waals surface area contributed by atoms with Crippen molar-refractivity contribution < 1.29 is 9.53 Å². The summed E-state index contributed by atoms with van der Waals surface area (Å²) in [4.78, 5) is 21.6. The first-order chi connectivity index (χ1) is 15.7. The summed E-state index contributed by atoms with van der Waals surface area (Å²) in [6.45, 7) is 4.48. The number of fused-ring (bicyclic) bond motifs is 2. The first-order valence-electron chi connectivity index (χ1n) is 11.4. The van der Waals surface area contributed by atoms with Gasteiger partial charge in [-0.3, -0.25) is 4.79 Å². The van der Waals surface area contributed by atoms with Crippen LogP contribution >= 0.6 is 11.6 Å². The van der Waals surface area contributed by atoms with Crippen molar-refractivity contribution in [2.45, 2.75) is 19.4 Å². The molecule has 2 aliphatic heterocycles. The summed E-state index contributed by atoms with van der Waals surface area (Å²) < 4.78 is 7.73. The lowest BCUT2D eigenvalue weighted by Crippen LogP contribution is -2.23. The van der Waals surface area contributed by atoms with E-state index in [1.165, 1.54) is 0 Å². The monoisotopic (exact) mass is 451 g/mol. The Morgan fingerprint density at radius 2 is 2.00 bits per heavy atom. The number of ether oxygens (including phenoxy) is 1. The largest absolute Gasteiger partial charge is 0.381 e. The maximum Gasteiger partial charge on any atom is 0.229 e. The Balaban J connectivity index is 1.25. The molecule has 1 aliphatic carbocycles. The van der Waals surface area contributed by atoms with E-state index in [1.54, 1.807) is 6.20 Å². The summed E-state index contributed by atoms with van der Waals surface area (Å²) in [5.41, 5.74) is 3.90. The molecule has 2 N–H and O–H groups in total. The van der Waals surface area contributed by atoms with Gasteiger partial charge < -0.3 is 19.9 Å². The van der Waals surface area contributed by atoms with Gasteiger partial charge >= 0.3 is 0 Å². The third kappa shape index (κ3) is 3.68. The van der Waals surface area contributed by atoms with Crippen molar-refractivity contribution in [3.05, 3.63) is 41.8 Å². The van der Waals surface area contributed by atoms with Crippen molar-refractivity contribution in [2.24, 2.45) is 23.7 Å². The highest BCUT2D eigenvalue weighted by atomic mass is 35.5. The zero-order chi connectivity index (χ0) is 21.7. The number of hydrogen-bond acceptors (Lipinski definition) is 5. The summed E-state index contributed by atoms with van der Waals surface area (Å²) >= 11 is 6.52. The lowest BCUT2D eigenvalue weighted by molar-refractivity contribution is -0.118. The van der Waals surface area contributed by atoms with Gasteiger partial charge in [0.25, 0.3) is 0 Å². The highest BCUT2D eigenvalue weighted by Crippen LogP contribution is 2.49. The molecule has 0 radical (unpaired) electrons. The van der Waals surface area contributed by atoms with E-state index in [2.05, 4.69) is 31.2 Å². The maximum atomic E-state index is 12.7. The van der Waals surface area contributed by atoms with Crippen LogP contribution in [0.5, 0.6) is 0 Å². The Bertz CT molecular complexity index is 1160. The second kappa shape index (κ2) is 8.14. The molecule has 0 bridgehead atoms. The van der Waals surface area contributed by atoms with Crippen molar-refractivity contribution in [3.63, 3.8) is 0 Å². The fraction of sp³-hybridized carbons (Fsp3) is 0.458. The topological polar surface area (TPSA) is 81.1 Å². The minimum Gasteiger partial charge on any atom is -0.381 e. The van der Waals surface area contributed by atoms with Gasteiger partial charge in [0.1, 0.15) is 5.82 Å². The maximum absolute atomic E-state index is 12.7. The third-order valence-corrected chi connectivity index (χ3v) is 7.53. The first-order valence-corrected chi connectivity index (χ1v) is 11.8. The third-order valence-electron chi connectivity index (χ3n) is 7.23. The summed E-state index contributed by atoms with van der Waals surface area (Å²) in [6, 6.07) is 8.05. The zero-order valence-electron chi connectivity index (χ0n) is 17.8. The minimum atomic E-state index is 0.0623. The first kappa shape index (κ1) is 20.1. The van der Waals surface area contributed by atoms with Gasteiger partial charge in [-0.25, -0.2) is 9.97 Å². The quantitative estimate of drug-likeness (QED) is 0.619. The van der Waals surface area contributed by atoms with Gasteiger partial charge in [-0.2, -0.15) is 0 Å². The number of carbonyl (C=O) groups excluding carboxylic acids is 1. The van der Waals surface area contributed by atoms with Crippen molar-refractivity contribution in [3.8, 4) is 11.1 Å². The Hall–Kier alpha value is -2.48. The highest BCUT2D eigenvalue weighted by molar-refractivity contribution is 6.33. The molecule has 7 nitrogen and oxygen atoms in total. The number of pyridine rings is 1. The summed E-state index contributed by atoms with van der Waals surface area (Å²) in [5.74, 6) is 2.26. The summed E-state index contributed by atoms with van der Waals surface area (Å²) in [7, 11) is 0. The molecule has 6 rings (SSSR count). The number of amides is 1. The van der Waals surface area contributed by atoms with Gasteiger partial charge in [0.2, 0.25) is 5.91 Å². The van der Waals surface area contributed by atoms with Crippen LogP contribution in [-0.4, -0.2) is 46.7 Å². The zero-order valence-corrected chi connectivity index (χ0v) is 18.5. The molecule has 1 saturated carbocycles. The molecule has 3 aromatic rings. The van der Waals surface area contributed by atoms with Crippen LogP contribution in [0.3, 0.4) is 0 Å². The van der Waals surface area contributed by atoms with Crippen LogP contribution < -0.4 is 10.6 Å². The molecule has 2 aromatic heterocycles. The van der Waals surface area contributed by atoms with E-state index in [0.717, 1.165) is 67.8 Å². The van der Waals surface area contributed by atoms with Crippen molar-refractivity contribution in [1.82, 2.24) is 19.9 Å². The summed E-state index contributed by atoms with van der Waals surface area (Å²) in [6.07, 6.45) is 5.70. The van der Waals surface area contributed by atoms with E-state index in [0.29, 0.717) is 28.6 Å². The van der Waals surface area contributed by atoms with E-state index in [1.807, 2.05) is 24.5 Å². The number of nitrogens with zero attached hydrogens (tertiary/aromatic N) is 3. The second-order valence-electron chi connectivity index (χ2n) is 9.21. The molecule has 1 unspecified atom stereocenters. The van der Waals surface area contributed by atoms with Gasteiger partial charge in [-0.1, -0.05) is 17.7 Å².